The molecule has 0 amide bonds. The van der Waals surface area contributed by atoms with E-state index in [2.05, 4.69) is 4.72 Å². The van der Waals surface area contributed by atoms with Crippen molar-refractivity contribution in [1.29, 1.82) is 0 Å². The van der Waals surface area contributed by atoms with Gasteiger partial charge in [-0.2, -0.15) is 0 Å². The molecule has 0 fully saturated rings. The van der Waals surface area contributed by atoms with Crippen LogP contribution in [0.3, 0.4) is 0 Å². The van der Waals surface area contributed by atoms with Crippen LogP contribution in [0.25, 0.3) is 0 Å². The number of hydrogen-bond donors (Lipinski definition) is 1. The van der Waals surface area contributed by atoms with Gasteiger partial charge in [-0.05, 0) is 35.9 Å². The van der Waals surface area contributed by atoms with Crippen molar-refractivity contribution in [2.45, 2.75) is 4.90 Å². The lowest BCUT2D eigenvalue weighted by Gasteiger charge is -2.09. The molecule has 7 heteroatoms. The topological polar surface area (TPSA) is 86.3 Å². The molecule has 2 rings (SSSR count). The average molecular weight is 311 g/mol. The van der Waals surface area contributed by atoms with Gasteiger partial charge in [0.25, 0.3) is 10.0 Å². The Kier molecular flexibility index (Phi) is 3.96. The summed E-state index contributed by atoms with van der Waals surface area (Å²) in [6, 6.07) is 11.0. The fourth-order valence-electron chi connectivity index (χ4n) is 1.52. The summed E-state index contributed by atoms with van der Waals surface area (Å²) in [6.07, 6.45) is 0. The predicted octanol–water partition coefficient (Wildman–Crippen LogP) is 1.50. The lowest BCUT2D eigenvalue weighted by atomic mass is 10.2. The molecule has 2 aromatic carbocycles. The van der Waals surface area contributed by atoms with E-state index in [-0.39, 0.29) is 16.1 Å². The summed E-state index contributed by atoms with van der Waals surface area (Å²) in [4.78, 5) is 10.6. The average Bonchev–Trinajstić information content (AvgIpc) is 2.39. The van der Waals surface area contributed by atoms with Crippen molar-refractivity contribution >= 4 is 33.3 Å². The van der Waals surface area contributed by atoms with Crippen LogP contribution in [0.2, 0.25) is 5.02 Å². The Balaban J connectivity index is 2.26. The smallest absolute Gasteiger partial charge is 0.261 e. The van der Waals surface area contributed by atoms with Crippen LogP contribution in [-0.4, -0.2) is 14.4 Å². The van der Waals surface area contributed by atoms with Gasteiger partial charge in [0.05, 0.1) is 10.9 Å². The SMILES string of the molecule is O=C([O-])c1ccc(NS(=O)(=O)c2cccc(Cl)c2)cc1. The second-order valence-electron chi connectivity index (χ2n) is 3.93. The van der Waals surface area contributed by atoms with E-state index in [0.29, 0.717) is 5.02 Å². The third-order valence-electron chi connectivity index (χ3n) is 2.48. The van der Waals surface area contributed by atoms with Crippen molar-refractivity contribution in [2.24, 2.45) is 0 Å². The Morgan fingerprint density at radius 3 is 2.30 bits per heavy atom. The Morgan fingerprint density at radius 2 is 1.75 bits per heavy atom. The first kappa shape index (κ1) is 14.4. The number of carbonyl (C=O) groups excluding carboxylic acids is 1. The maximum absolute atomic E-state index is 12.1. The zero-order chi connectivity index (χ0) is 14.8. The van der Waals surface area contributed by atoms with Crippen LogP contribution in [-0.2, 0) is 10.0 Å². The van der Waals surface area contributed by atoms with Crippen LogP contribution in [0.1, 0.15) is 10.4 Å². The lowest BCUT2D eigenvalue weighted by molar-refractivity contribution is -0.255. The summed E-state index contributed by atoms with van der Waals surface area (Å²) in [6.45, 7) is 0. The number of sulfonamides is 1. The molecular weight excluding hydrogens is 302 g/mol. The molecule has 0 heterocycles. The summed E-state index contributed by atoms with van der Waals surface area (Å²) in [5, 5.41) is 10.9. The first-order valence-corrected chi connectivity index (χ1v) is 7.34. The number of benzene rings is 2. The minimum absolute atomic E-state index is 0.0222. The number of anilines is 1. The van der Waals surface area contributed by atoms with Crippen LogP contribution in [0.15, 0.2) is 53.4 Å². The monoisotopic (exact) mass is 310 g/mol. The number of aromatic carboxylic acids is 1. The van der Waals surface area contributed by atoms with Crippen molar-refractivity contribution in [2.75, 3.05) is 4.72 Å². The normalized spacial score (nSPS) is 11.1. The van der Waals surface area contributed by atoms with Crippen molar-refractivity contribution in [3.8, 4) is 0 Å². The van der Waals surface area contributed by atoms with Gasteiger partial charge in [-0.1, -0.05) is 29.8 Å². The third-order valence-corrected chi connectivity index (χ3v) is 4.09. The van der Waals surface area contributed by atoms with Crippen LogP contribution in [0.4, 0.5) is 5.69 Å². The molecule has 5 nitrogen and oxygen atoms in total. The fraction of sp³-hybridized carbons (Fsp3) is 0. The Labute approximate surface area is 120 Å². The number of carboxylic acid groups (broad SMARTS) is 1. The van der Waals surface area contributed by atoms with Crippen molar-refractivity contribution in [3.05, 3.63) is 59.1 Å². The first-order valence-electron chi connectivity index (χ1n) is 5.48. The predicted molar refractivity (Wildman–Crippen MR) is 73.0 cm³/mol. The number of rotatable bonds is 4. The van der Waals surface area contributed by atoms with E-state index < -0.39 is 16.0 Å². The highest BCUT2D eigenvalue weighted by Gasteiger charge is 2.14. The summed E-state index contributed by atoms with van der Waals surface area (Å²) in [5.41, 5.74) is 0.214. The third kappa shape index (κ3) is 3.28. The maximum Gasteiger partial charge on any atom is 0.261 e. The molecule has 0 aliphatic carbocycles. The van der Waals surface area contributed by atoms with Crippen molar-refractivity contribution in [1.82, 2.24) is 0 Å². The van der Waals surface area contributed by atoms with Gasteiger partial charge in [-0.3, -0.25) is 4.72 Å². The molecule has 0 saturated heterocycles. The molecule has 0 aliphatic rings. The molecule has 0 bridgehead atoms. The van der Waals surface area contributed by atoms with E-state index in [1.807, 2.05) is 0 Å². The van der Waals surface area contributed by atoms with Gasteiger partial charge in [-0.15, -0.1) is 0 Å². The standard InChI is InChI=1S/C13H10ClNO4S/c14-10-2-1-3-12(8-10)20(18,19)15-11-6-4-9(5-7-11)13(16)17/h1-8,15H,(H,16,17)/p-1. The molecule has 2 aromatic rings. The fourth-order valence-corrected chi connectivity index (χ4v) is 2.88. The molecule has 20 heavy (non-hydrogen) atoms. The summed E-state index contributed by atoms with van der Waals surface area (Å²) in [5.74, 6) is -1.32. The van der Waals surface area contributed by atoms with E-state index in [1.54, 1.807) is 6.07 Å². The highest BCUT2D eigenvalue weighted by Crippen LogP contribution is 2.19. The van der Waals surface area contributed by atoms with E-state index in [0.717, 1.165) is 0 Å². The number of halogens is 1. The van der Waals surface area contributed by atoms with Gasteiger partial charge in [0, 0.05) is 10.7 Å². The highest BCUT2D eigenvalue weighted by atomic mass is 35.5. The highest BCUT2D eigenvalue weighted by molar-refractivity contribution is 7.92. The second-order valence-corrected chi connectivity index (χ2v) is 6.05. The molecule has 0 unspecified atom stereocenters. The van der Waals surface area contributed by atoms with E-state index in [4.69, 9.17) is 11.6 Å². The minimum atomic E-state index is -3.77. The Bertz CT molecular complexity index is 741. The second kappa shape index (κ2) is 5.52. The Hall–Kier alpha value is -2.05. The van der Waals surface area contributed by atoms with Crippen molar-refractivity contribution < 1.29 is 18.3 Å². The summed E-state index contributed by atoms with van der Waals surface area (Å²) < 4.78 is 26.5. The van der Waals surface area contributed by atoms with Gasteiger partial charge >= 0.3 is 0 Å². The summed E-state index contributed by atoms with van der Waals surface area (Å²) in [7, 11) is -3.77. The van der Waals surface area contributed by atoms with Crippen LogP contribution >= 0.6 is 11.6 Å². The zero-order valence-electron chi connectivity index (χ0n) is 10.0. The number of carbonyl (C=O) groups is 1. The molecule has 0 saturated carbocycles. The van der Waals surface area contributed by atoms with Crippen molar-refractivity contribution in [3.63, 3.8) is 0 Å². The molecule has 0 radical (unpaired) electrons. The first-order chi connectivity index (χ1) is 9.38. The van der Waals surface area contributed by atoms with Gasteiger partial charge in [-0.25, -0.2) is 8.42 Å². The zero-order valence-corrected chi connectivity index (χ0v) is 11.6. The lowest BCUT2D eigenvalue weighted by Crippen LogP contribution is -2.22. The van der Waals surface area contributed by atoms with Crippen LogP contribution < -0.4 is 9.83 Å². The quantitative estimate of drug-likeness (QED) is 0.927. The molecule has 104 valence electrons. The number of carboxylic acids is 1. The molecule has 0 spiro atoms. The maximum atomic E-state index is 12.1. The van der Waals surface area contributed by atoms with Gasteiger partial charge in [0.15, 0.2) is 0 Å². The van der Waals surface area contributed by atoms with Gasteiger partial charge < -0.3 is 9.90 Å². The minimum Gasteiger partial charge on any atom is -0.545 e. The van der Waals surface area contributed by atoms with Gasteiger partial charge in [0.1, 0.15) is 0 Å². The van der Waals surface area contributed by atoms with Crippen LogP contribution in [0, 0.1) is 0 Å². The molecule has 0 aromatic heterocycles. The van der Waals surface area contributed by atoms with Crippen LogP contribution in [0.5, 0.6) is 0 Å². The van der Waals surface area contributed by atoms with Gasteiger partial charge in [0.2, 0.25) is 0 Å². The van der Waals surface area contributed by atoms with E-state index >= 15 is 0 Å². The molecule has 1 N–H and O–H groups in total. The largest absolute Gasteiger partial charge is 0.545 e. The molecular formula is C13H9ClNO4S-. The number of nitrogens with one attached hydrogen (secondary N) is 1. The Morgan fingerprint density at radius 1 is 1.10 bits per heavy atom. The van der Waals surface area contributed by atoms with E-state index in [1.165, 1.54) is 42.5 Å². The van der Waals surface area contributed by atoms with E-state index in [9.17, 15) is 18.3 Å². The summed E-state index contributed by atoms with van der Waals surface area (Å²) >= 11 is 5.75. The molecule has 0 atom stereocenters. The molecule has 0 aliphatic heterocycles. The number of hydrogen-bond acceptors (Lipinski definition) is 4.